The summed E-state index contributed by atoms with van der Waals surface area (Å²) in [6, 6.07) is 28.5. The van der Waals surface area contributed by atoms with Crippen LogP contribution in [0.5, 0.6) is 0 Å². The molecule has 3 aliphatic heterocycles. The van der Waals surface area contributed by atoms with Crippen molar-refractivity contribution in [2.24, 2.45) is 4.99 Å². The number of benzene rings is 3. The minimum atomic E-state index is -0.332. The van der Waals surface area contributed by atoms with Gasteiger partial charge in [-0.25, -0.2) is 9.79 Å². The molecule has 4 heterocycles. The molecule has 0 amide bonds. The molecule has 164 valence electrons. The second-order valence-electron chi connectivity index (χ2n) is 8.34. The van der Waals surface area contributed by atoms with Gasteiger partial charge in [0.1, 0.15) is 5.58 Å². The first kappa shape index (κ1) is 19.9. The lowest BCUT2D eigenvalue weighted by Crippen LogP contribution is -2.35. The molecule has 0 saturated carbocycles. The Morgan fingerprint density at radius 2 is 1.71 bits per heavy atom. The van der Waals surface area contributed by atoms with Crippen LogP contribution in [0.4, 0.5) is 0 Å². The minimum Gasteiger partial charge on any atom is -0.422 e. The van der Waals surface area contributed by atoms with E-state index in [1.54, 1.807) is 11.8 Å². The van der Waals surface area contributed by atoms with Crippen LogP contribution in [0.2, 0.25) is 0 Å². The van der Waals surface area contributed by atoms with Crippen molar-refractivity contribution in [3.8, 4) is 0 Å². The summed E-state index contributed by atoms with van der Waals surface area (Å²) in [6.45, 7) is 0. The number of para-hydroxylation sites is 1. The Kier molecular flexibility index (Phi) is 4.57. The molecule has 0 spiro atoms. The number of hydrogen-bond acceptors (Lipinski definition) is 6. The Labute approximate surface area is 204 Å². The Morgan fingerprint density at radius 1 is 0.912 bits per heavy atom. The molecule has 1 unspecified atom stereocenters. The third-order valence-corrected chi connectivity index (χ3v) is 8.36. The molecule has 0 N–H and O–H groups in total. The van der Waals surface area contributed by atoms with Gasteiger partial charge in [-0.05, 0) is 29.3 Å². The van der Waals surface area contributed by atoms with Crippen LogP contribution in [0.25, 0.3) is 22.4 Å². The fourth-order valence-corrected chi connectivity index (χ4v) is 6.87. The fraction of sp³-hybridized carbons (Fsp3) is 0.0714. The van der Waals surface area contributed by atoms with Crippen molar-refractivity contribution >= 4 is 51.1 Å². The summed E-state index contributed by atoms with van der Waals surface area (Å²) >= 11 is 3.41. The van der Waals surface area contributed by atoms with Gasteiger partial charge in [0.15, 0.2) is 5.17 Å². The summed E-state index contributed by atoms with van der Waals surface area (Å²) in [5.74, 6) is 0.851. The highest BCUT2D eigenvalue weighted by atomic mass is 32.2. The van der Waals surface area contributed by atoms with Gasteiger partial charge in [-0.2, -0.15) is 0 Å². The van der Waals surface area contributed by atoms with Crippen molar-refractivity contribution in [2.75, 3.05) is 5.75 Å². The van der Waals surface area contributed by atoms with E-state index < -0.39 is 0 Å². The molecule has 1 aromatic heterocycles. The van der Waals surface area contributed by atoms with Crippen molar-refractivity contribution in [1.29, 1.82) is 0 Å². The maximum Gasteiger partial charge on any atom is 0.345 e. The van der Waals surface area contributed by atoms with Gasteiger partial charge in [-0.3, -0.25) is 0 Å². The number of rotatable bonds is 2. The molecular formula is C28H18N2O2S2. The highest BCUT2D eigenvalue weighted by molar-refractivity contribution is 8.16. The smallest absolute Gasteiger partial charge is 0.345 e. The van der Waals surface area contributed by atoms with E-state index in [4.69, 9.17) is 9.41 Å². The van der Waals surface area contributed by atoms with E-state index in [2.05, 4.69) is 53.4 Å². The van der Waals surface area contributed by atoms with E-state index in [0.717, 1.165) is 27.7 Å². The number of nitrogens with zero attached hydrogens (tertiary/aromatic N) is 2. The van der Waals surface area contributed by atoms with Crippen LogP contribution < -0.4 is 5.63 Å². The van der Waals surface area contributed by atoms with E-state index in [9.17, 15) is 4.79 Å². The lowest BCUT2D eigenvalue weighted by molar-refractivity contribution is 0.484. The number of amidine groups is 1. The van der Waals surface area contributed by atoms with Crippen LogP contribution in [-0.2, 0) is 0 Å². The Morgan fingerprint density at radius 3 is 2.62 bits per heavy atom. The third-order valence-electron chi connectivity index (χ3n) is 6.40. The fourth-order valence-electron chi connectivity index (χ4n) is 4.85. The van der Waals surface area contributed by atoms with E-state index in [1.165, 1.54) is 21.6 Å². The third kappa shape index (κ3) is 3.02. The van der Waals surface area contributed by atoms with Crippen molar-refractivity contribution < 1.29 is 4.42 Å². The Hall–Kier alpha value is -3.48. The second kappa shape index (κ2) is 7.79. The number of fused-ring (bicyclic) bond motifs is 4. The first-order valence-corrected chi connectivity index (χ1v) is 12.9. The molecule has 0 fully saturated rings. The Bertz CT molecular complexity index is 1620. The molecule has 0 radical (unpaired) electrons. The van der Waals surface area contributed by atoms with Crippen molar-refractivity contribution in [3.05, 3.63) is 123 Å². The maximum absolute atomic E-state index is 13.1. The van der Waals surface area contributed by atoms with Gasteiger partial charge in [-0.15, -0.1) is 11.8 Å². The summed E-state index contributed by atoms with van der Waals surface area (Å²) in [6.07, 6.45) is 0. The van der Waals surface area contributed by atoms with Crippen LogP contribution in [0.15, 0.2) is 115 Å². The predicted molar refractivity (Wildman–Crippen MR) is 141 cm³/mol. The minimum absolute atomic E-state index is 0.0447. The molecule has 0 aliphatic carbocycles. The zero-order valence-electron chi connectivity index (χ0n) is 18.0. The van der Waals surface area contributed by atoms with Crippen LogP contribution in [0.1, 0.15) is 22.7 Å². The van der Waals surface area contributed by atoms with Crippen molar-refractivity contribution in [1.82, 2.24) is 4.90 Å². The molecular weight excluding hydrogens is 460 g/mol. The summed E-state index contributed by atoms with van der Waals surface area (Å²) < 4.78 is 5.69. The van der Waals surface area contributed by atoms with Gasteiger partial charge in [0.05, 0.1) is 23.0 Å². The lowest BCUT2D eigenvalue weighted by atomic mass is 9.92. The molecule has 34 heavy (non-hydrogen) atoms. The van der Waals surface area contributed by atoms with Crippen LogP contribution in [-0.4, -0.2) is 15.8 Å². The van der Waals surface area contributed by atoms with E-state index in [-0.39, 0.29) is 11.7 Å². The molecule has 0 saturated heterocycles. The maximum atomic E-state index is 13.1. The van der Waals surface area contributed by atoms with Gasteiger partial charge < -0.3 is 9.32 Å². The Balaban J connectivity index is 1.43. The van der Waals surface area contributed by atoms with Crippen LogP contribution in [0.3, 0.4) is 0 Å². The largest absolute Gasteiger partial charge is 0.422 e. The first-order valence-electron chi connectivity index (χ1n) is 11.1. The first-order chi connectivity index (χ1) is 16.8. The zero-order valence-corrected chi connectivity index (χ0v) is 19.6. The van der Waals surface area contributed by atoms with Gasteiger partial charge in [0, 0.05) is 27.0 Å². The van der Waals surface area contributed by atoms with E-state index in [1.807, 2.05) is 53.6 Å². The number of thioether (sulfide) groups is 2. The van der Waals surface area contributed by atoms with Crippen molar-refractivity contribution in [2.45, 2.75) is 10.9 Å². The van der Waals surface area contributed by atoms with Gasteiger partial charge in [0.2, 0.25) is 0 Å². The standard InChI is InChI=1S/C28H18N2O2S2/c31-27-20(14-18-10-4-6-12-23(18)32-27)22-16-34-28-29-25-19-11-5-7-13-24(19)33-15-21(25)26(30(22)28)17-8-2-1-3-9-17/h1-14,16,26H,15H2. The monoisotopic (exact) mass is 478 g/mol. The summed E-state index contributed by atoms with van der Waals surface area (Å²) in [5.41, 5.74) is 6.35. The highest BCUT2D eigenvalue weighted by Gasteiger charge is 2.41. The SMILES string of the molecule is O=c1oc2ccccc2cc1C1=CSC2=NC3=C(CSc4ccccc43)C(c3ccccc3)N12. The molecule has 6 heteroatoms. The molecule has 4 aromatic rings. The molecule has 4 nitrogen and oxygen atoms in total. The van der Waals surface area contributed by atoms with E-state index >= 15 is 0 Å². The average Bonchev–Trinajstić information content (AvgIpc) is 3.30. The molecule has 3 aromatic carbocycles. The van der Waals surface area contributed by atoms with Gasteiger partial charge in [-0.1, -0.05) is 78.5 Å². The van der Waals surface area contributed by atoms with Gasteiger partial charge >= 0.3 is 5.63 Å². The molecule has 3 aliphatic rings. The molecule has 7 rings (SSSR count). The lowest BCUT2D eigenvalue weighted by Gasteiger charge is -2.39. The zero-order chi connectivity index (χ0) is 22.6. The number of aliphatic imine (C=N–C) groups is 1. The highest BCUT2D eigenvalue weighted by Crippen LogP contribution is 2.52. The summed E-state index contributed by atoms with van der Waals surface area (Å²) in [7, 11) is 0. The topological polar surface area (TPSA) is 45.8 Å². The predicted octanol–water partition coefficient (Wildman–Crippen LogP) is 6.77. The van der Waals surface area contributed by atoms with E-state index in [0.29, 0.717) is 11.1 Å². The number of hydrogen-bond donors (Lipinski definition) is 0. The molecule has 1 atom stereocenters. The summed E-state index contributed by atoms with van der Waals surface area (Å²) in [4.78, 5) is 21.7. The second-order valence-corrected chi connectivity index (χ2v) is 10.2. The molecule has 0 bridgehead atoms. The van der Waals surface area contributed by atoms with Crippen molar-refractivity contribution in [3.63, 3.8) is 0 Å². The van der Waals surface area contributed by atoms with Crippen LogP contribution in [0, 0.1) is 0 Å². The van der Waals surface area contributed by atoms with Gasteiger partial charge in [0.25, 0.3) is 0 Å². The quantitative estimate of drug-likeness (QED) is 0.298. The summed E-state index contributed by atoms with van der Waals surface area (Å²) in [5, 5.41) is 3.83. The van der Waals surface area contributed by atoms with Crippen LogP contribution >= 0.6 is 23.5 Å². The average molecular weight is 479 g/mol. The normalized spacial score (nSPS) is 18.8.